The lowest BCUT2D eigenvalue weighted by molar-refractivity contribution is 0.354. The summed E-state index contributed by atoms with van der Waals surface area (Å²) in [6.45, 7) is 2.00. The lowest BCUT2D eigenvalue weighted by Crippen LogP contribution is -1.96. The van der Waals surface area contributed by atoms with Crippen LogP contribution in [0.3, 0.4) is 0 Å². The van der Waals surface area contributed by atoms with Crippen molar-refractivity contribution in [3.05, 3.63) is 57.4 Å². The second-order valence-electron chi connectivity index (χ2n) is 5.39. The van der Waals surface area contributed by atoms with E-state index in [1.807, 2.05) is 19.1 Å². The third-order valence-electron chi connectivity index (χ3n) is 4.00. The number of benzene rings is 2. The molecule has 0 aliphatic rings. The van der Waals surface area contributed by atoms with Gasteiger partial charge in [0.2, 0.25) is 0 Å². The Kier molecular flexibility index (Phi) is 4.31. The van der Waals surface area contributed by atoms with Crippen molar-refractivity contribution in [1.82, 2.24) is 4.98 Å². The van der Waals surface area contributed by atoms with Gasteiger partial charge >= 0.3 is 0 Å². The van der Waals surface area contributed by atoms with Gasteiger partial charge in [0.05, 0.1) is 14.2 Å². The van der Waals surface area contributed by atoms with E-state index in [2.05, 4.69) is 20.9 Å². The first-order valence-electron chi connectivity index (χ1n) is 7.20. The molecule has 1 aromatic heterocycles. The summed E-state index contributed by atoms with van der Waals surface area (Å²) >= 11 is 3.58. The molecule has 0 aliphatic heterocycles. The average molecular weight is 378 g/mol. The number of halogens is 2. The molecule has 0 amide bonds. The quantitative estimate of drug-likeness (QED) is 0.695. The van der Waals surface area contributed by atoms with Crippen LogP contribution in [0.1, 0.15) is 16.8 Å². The van der Waals surface area contributed by atoms with Gasteiger partial charge in [0.15, 0.2) is 11.5 Å². The van der Waals surface area contributed by atoms with Crippen molar-refractivity contribution >= 4 is 26.8 Å². The smallest absolute Gasteiger partial charge is 0.161 e. The van der Waals surface area contributed by atoms with Crippen molar-refractivity contribution < 1.29 is 13.9 Å². The zero-order valence-electron chi connectivity index (χ0n) is 13.2. The number of nitrogens with one attached hydrogen (secondary N) is 1. The summed E-state index contributed by atoms with van der Waals surface area (Å²) in [5, 5.41) is 0.907. The molecule has 0 fully saturated rings. The van der Waals surface area contributed by atoms with Crippen LogP contribution in [0.2, 0.25) is 0 Å². The minimum Gasteiger partial charge on any atom is -0.493 e. The highest BCUT2D eigenvalue weighted by molar-refractivity contribution is 9.10. The van der Waals surface area contributed by atoms with E-state index in [-0.39, 0.29) is 5.82 Å². The van der Waals surface area contributed by atoms with Gasteiger partial charge in [-0.1, -0.05) is 15.9 Å². The summed E-state index contributed by atoms with van der Waals surface area (Å²) in [7, 11) is 3.22. The van der Waals surface area contributed by atoms with Gasteiger partial charge in [0.1, 0.15) is 5.82 Å². The number of methoxy groups -OCH3 is 2. The van der Waals surface area contributed by atoms with Gasteiger partial charge < -0.3 is 14.5 Å². The van der Waals surface area contributed by atoms with Crippen molar-refractivity contribution in [3.63, 3.8) is 0 Å². The zero-order chi connectivity index (χ0) is 16.6. The fourth-order valence-electron chi connectivity index (χ4n) is 2.80. The Morgan fingerprint density at radius 3 is 2.48 bits per heavy atom. The first-order chi connectivity index (χ1) is 11.0. The predicted octanol–water partition coefficient (Wildman–Crippen LogP) is 4.99. The molecule has 0 saturated carbocycles. The molecule has 0 saturated heterocycles. The van der Waals surface area contributed by atoms with Crippen LogP contribution in [0, 0.1) is 12.7 Å². The van der Waals surface area contributed by atoms with Crippen LogP contribution in [0.5, 0.6) is 11.5 Å². The summed E-state index contributed by atoms with van der Waals surface area (Å²) < 4.78 is 25.2. The number of aromatic amines is 1. The van der Waals surface area contributed by atoms with E-state index in [1.54, 1.807) is 26.4 Å². The number of fused-ring (bicyclic) bond motifs is 1. The summed E-state index contributed by atoms with van der Waals surface area (Å²) in [4.78, 5) is 3.31. The molecule has 0 spiro atoms. The SMILES string of the molecule is COc1cc(Br)c(Cc2c(C)[nH]c3ccc(F)cc23)cc1OC. The number of rotatable bonds is 4. The Hall–Kier alpha value is -2.01. The second kappa shape index (κ2) is 6.24. The van der Waals surface area contributed by atoms with E-state index >= 15 is 0 Å². The normalized spacial score (nSPS) is 11.0. The summed E-state index contributed by atoms with van der Waals surface area (Å²) in [5.41, 5.74) is 4.10. The van der Waals surface area contributed by atoms with Crippen molar-refractivity contribution in [2.24, 2.45) is 0 Å². The van der Waals surface area contributed by atoms with Crippen molar-refractivity contribution in [3.8, 4) is 11.5 Å². The maximum atomic E-state index is 13.6. The van der Waals surface area contributed by atoms with E-state index in [1.165, 1.54) is 6.07 Å². The molecule has 1 heterocycles. The standard InChI is InChI=1S/C18H17BrFNO2/c1-10-13(14-8-12(20)4-5-16(14)21-10)6-11-7-17(22-2)18(23-3)9-15(11)19/h4-5,7-9,21H,6H2,1-3H3. The molecule has 2 aromatic carbocycles. The molecule has 120 valence electrons. The number of H-pyrrole nitrogens is 1. The number of hydrogen-bond donors (Lipinski definition) is 1. The number of ether oxygens (including phenoxy) is 2. The third kappa shape index (κ3) is 2.93. The van der Waals surface area contributed by atoms with Gasteiger partial charge in [0.25, 0.3) is 0 Å². The molecule has 3 aromatic rings. The van der Waals surface area contributed by atoms with Gasteiger partial charge in [-0.05, 0) is 48.4 Å². The molecule has 5 heteroatoms. The average Bonchev–Trinajstić information content (AvgIpc) is 2.84. The van der Waals surface area contributed by atoms with Crippen LogP contribution >= 0.6 is 15.9 Å². The van der Waals surface area contributed by atoms with E-state index in [4.69, 9.17) is 9.47 Å². The third-order valence-corrected chi connectivity index (χ3v) is 4.74. The minimum absolute atomic E-state index is 0.232. The van der Waals surface area contributed by atoms with Crippen LogP contribution in [0.15, 0.2) is 34.8 Å². The largest absolute Gasteiger partial charge is 0.493 e. The van der Waals surface area contributed by atoms with Gasteiger partial charge in [-0.25, -0.2) is 4.39 Å². The van der Waals surface area contributed by atoms with E-state index in [0.717, 1.165) is 32.2 Å². The van der Waals surface area contributed by atoms with E-state index in [0.29, 0.717) is 17.9 Å². The van der Waals surface area contributed by atoms with Crippen LogP contribution in [0.25, 0.3) is 10.9 Å². The Labute approximate surface area is 142 Å². The topological polar surface area (TPSA) is 34.2 Å². The van der Waals surface area contributed by atoms with Crippen molar-refractivity contribution in [2.75, 3.05) is 14.2 Å². The Bertz CT molecular complexity index is 873. The highest BCUT2D eigenvalue weighted by Crippen LogP contribution is 2.35. The van der Waals surface area contributed by atoms with E-state index < -0.39 is 0 Å². The number of aryl methyl sites for hydroxylation is 1. The monoisotopic (exact) mass is 377 g/mol. The first-order valence-corrected chi connectivity index (χ1v) is 8.00. The molecule has 0 unspecified atom stereocenters. The number of hydrogen-bond acceptors (Lipinski definition) is 2. The highest BCUT2D eigenvalue weighted by atomic mass is 79.9. The van der Waals surface area contributed by atoms with Crippen LogP contribution in [-0.2, 0) is 6.42 Å². The van der Waals surface area contributed by atoms with Crippen LogP contribution < -0.4 is 9.47 Å². The lowest BCUT2D eigenvalue weighted by atomic mass is 10.0. The second-order valence-corrected chi connectivity index (χ2v) is 6.25. The highest BCUT2D eigenvalue weighted by Gasteiger charge is 2.14. The molecule has 0 aliphatic carbocycles. The Morgan fingerprint density at radius 1 is 1.09 bits per heavy atom. The lowest BCUT2D eigenvalue weighted by Gasteiger charge is -2.12. The van der Waals surface area contributed by atoms with Gasteiger partial charge in [-0.3, -0.25) is 0 Å². The number of aromatic nitrogens is 1. The fourth-order valence-corrected chi connectivity index (χ4v) is 3.27. The van der Waals surface area contributed by atoms with Crippen molar-refractivity contribution in [1.29, 1.82) is 0 Å². The van der Waals surface area contributed by atoms with Crippen LogP contribution in [-0.4, -0.2) is 19.2 Å². The Balaban J connectivity index is 2.09. The molecule has 0 radical (unpaired) electrons. The molecule has 0 bridgehead atoms. The maximum absolute atomic E-state index is 13.6. The van der Waals surface area contributed by atoms with Crippen molar-refractivity contribution in [2.45, 2.75) is 13.3 Å². The summed E-state index contributed by atoms with van der Waals surface area (Å²) in [6.07, 6.45) is 0.663. The van der Waals surface area contributed by atoms with E-state index in [9.17, 15) is 4.39 Å². The minimum atomic E-state index is -0.232. The predicted molar refractivity (Wildman–Crippen MR) is 93.0 cm³/mol. The summed E-state index contributed by atoms with van der Waals surface area (Å²) in [5.74, 6) is 1.11. The maximum Gasteiger partial charge on any atom is 0.161 e. The first kappa shape index (κ1) is 15.9. The Morgan fingerprint density at radius 2 is 1.78 bits per heavy atom. The molecule has 3 nitrogen and oxygen atoms in total. The molecular weight excluding hydrogens is 361 g/mol. The van der Waals surface area contributed by atoms with Gasteiger partial charge in [-0.15, -0.1) is 0 Å². The van der Waals surface area contributed by atoms with Crippen LogP contribution in [0.4, 0.5) is 4.39 Å². The molecule has 0 atom stereocenters. The zero-order valence-corrected chi connectivity index (χ0v) is 14.8. The molecule has 3 rings (SSSR count). The molecule has 23 heavy (non-hydrogen) atoms. The van der Waals surface area contributed by atoms with Gasteiger partial charge in [0, 0.05) is 27.5 Å². The molecule has 1 N–H and O–H groups in total. The molecular formula is C18H17BrFNO2. The van der Waals surface area contributed by atoms with Gasteiger partial charge in [-0.2, -0.15) is 0 Å². The summed E-state index contributed by atoms with van der Waals surface area (Å²) in [6, 6.07) is 8.64. The fraction of sp³-hybridized carbons (Fsp3) is 0.222.